The van der Waals surface area contributed by atoms with Crippen LogP contribution in [0.2, 0.25) is 0 Å². The van der Waals surface area contributed by atoms with Gasteiger partial charge in [-0.15, -0.1) is 0 Å². The standard InChI is InChI=1S/C19H28N2O2S/c1-24-10-2-9-21-11-17(15-7-8-15)18(12-21)20-19(23)16-5-3-14(13-22)4-6-16/h3-6,15,17-18,22H,2,7-13H2,1H3,(H,20,23)/t17-,18+/m1/s1. The van der Waals surface area contributed by atoms with Gasteiger partial charge in [0, 0.05) is 24.7 Å². The molecule has 1 saturated carbocycles. The Morgan fingerprint density at radius 2 is 2.04 bits per heavy atom. The highest BCUT2D eigenvalue weighted by Gasteiger charge is 2.42. The van der Waals surface area contributed by atoms with E-state index in [1.807, 2.05) is 23.9 Å². The van der Waals surface area contributed by atoms with E-state index in [9.17, 15) is 4.79 Å². The quantitative estimate of drug-likeness (QED) is 0.708. The van der Waals surface area contributed by atoms with Crippen molar-refractivity contribution in [3.8, 4) is 0 Å². The molecule has 0 unspecified atom stereocenters. The van der Waals surface area contributed by atoms with Gasteiger partial charge in [-0.2, -0.15) is 11.8 Å². The number of carbonyl (C=O) groups is 1. The Labute approximate surface area is 149 Å². The maximum atomic E-state index is 12.6. The van der Waals surface area contributed by atoms with Gasteiger partial charge in [-0.3, -0.25) is 4.79 Å². The number of carbonyl (C=O) groups excluding carboxylic acids is 1. The molecule has 1 aliphatic carbocycles. The van der Waals surface area contributed by atoms with E-state index in [4.69, 9.17) is 5.11 Å². The lowest BCUT2D eigenvalue weighted by Crippen LogP contribution is -2.41. The zero-order chi connectivity index (χ0) is 16.9. The molecule has 2 fully saturated rings. The number of rotatable bonds is 8. The zero-order valence-electron chi connectivity index (χ0n) is 14.4. The number of aliphatic hydroxyl groups is 1. The minimum absolute atomic E-state index is 0.0132. The van der Waals surface area contributed by atoms with Crippen molar-refractivity contribution in [2.24, 2.45) is 11.8 Å². The number of nitrogens with one attached hydrogen (secondary N) is 1. The van der Waals surface area contributed by atoms with Gasteiger partial charge in [-0.1, -0.05) is 12.1 Å². The van der Waals surface area contributed by atoms with E-state index in [1.165, 1.54) is 25.0 Å². The summed E-state index contributed by atoms with van der Waals surface area (Å²) in [7, 11) is 0. The van der Waals surface area contributed by atoms with Crippen molar-refractivity contribution in [3.05, 3.63) is 35.4 Å². The molecule has 24 heavy (non-hydrogen) atoms. The Hall–Kier alpha value is -1.04. The van der Waals surface area contributed by atoms with Gasteiger partial charge in [0.2, 0.25) is 0 Å². The fourth-order valence-corrected chi connectivity index (χ4v) is 4.11. The van der Waals surface area contributed by atoms with Crippen molar-refractivity contribution in [2.75, 3.05) is 31.6 Å². The second-order valence-electron chi connectivity index (χ2n) is 7.04. The molecule has 1 aromatic carbocycles. The molecule has 0 spiro atoms. The van der Waals surface area contributed by atoms with Crippen molar-refractivity contribution >= 4 is 17.7 Å². The molecule has 1 aromatic rings. The first-order chi connectivity index (χ1) is 11.7. The second kappa shape index (κ2) is 8.37. The van der Waals surface area contributed by atoms with Gasteiger partial charge in [-0.25, -0.2) is 0 Å². The van der Waals surface area contributed by atoms with Gasteiger partial charge in [0.1, 0.15) is 0 Å². The van der Waals surface area contributed by atoms with E-state index in [0.717, 1.165) is 31.1 Å². The third kappa shape index (κ3) is 4.52. The summed E-state index contributed by atoms with van der Waals surface area (Å²) in [6, 6.07) is 7.51. The fraction of sp³-hybridized carbons (Fsp3) is 0.632. The van der Waals surface area contributed by atoms with E-state index in [1.54, 1.807) is 12.1 Å². The number of benzene rings is 1. The average molecular weight is 349 g/mol. The predicted molar refractivity (Wildman–Crippen MR) is 99.3 cm³/mol. The molecule has 2 aliphatic rings. The summed E-state index contributed by atoms with van der Waals surface area (Å²) in [6.07, 6.45) is 6.02. The fourth-order valence-electron chi connectivity index (χ4n) is 3.70. The summed E-state index contributed by atoms with van der Waals surface area (Å²) < 4.78 is 0. The summed E-state index contributed by atoms with van der Waals surface area (Å²) in [5.74, 6) is 2.64. The Kier molecular flexibility index (Phi) is 6.19. The highest BCUT2D eigenvalue weighted by Crippen LogP contribution is 2.41. The van der Waals surface area contributed by atoms with Crippen molar-refractivity contribution in [1.29, 1.82) is 0 Å². The Morgan fingerprint density at radius 1 is 1.29 bits per heavy atom. The van der Waals surface area contributed by atoms with Crippen LogP contribution in [0, 0.1) is 11.8 Å². The third-order valence-corrected chi connectivity index (χ3v) is 5.90. The predicted octanol–water partition coefficient (Wildman–Crippen LogP) is 2.37. The molecule has 0 bridgehead atoms. The van der Waals surface area contributed by atoms with Gasteiger partial charge < -0.3 is 15.3 Å². The normalized spacial score (nSPS) is 24.2. The lowest BCUT2D eigenvalue weighted by molar-refractivity contribution is 0.0928. The van der Waals surface area contributed by atoms with Crippen LogP contribution in [0.15, 0.2) is 24.3 Å². The van der Waals surface area contributed by atoms with Crippen LogP contribution in [0.5, 0.6) is 0 Å². The third-order valence-electron chi connectivity index (χ3n) is 5.21. The molecular formula is C19H28N2O2S. The van der Waals surface area contributed by atoms with Gasteiger partial charge in [0.25, 0.3) is 5.91 Å². The Balaban J connectivity index is 1.58. The van der Waals surface area contributed by atoms with Crippen LogP contribution in [0.1, 0.15) is 35.2 Å². The topological polar surface area (TPSA) is 52.6 Å². The number of thioether (sulfide) groups is 1. The largest absolute Gasteiger partial charge is 0.392 e. The van der Waals surface area contributed by atoms with Crippen LogP contribution in [-0.2, 0) is 6.61 Å². The SMILES string of the molecule is CSCCCN1C[C@H](NC(=O)c2ccc(CO)cc2)[C@@H](C2CC2)C1. The molecule has 1 heterocycles. The highest BCUT2D eigenvalue weighted by molar-refractivity contribution is 7.98. The van der Waals surface area contributed by atoms with E-state index in [2.05, 4.69) is 16.5 Å². The van der Waals surface area contributed by atoms with Gasteiger partial charge in [0.05, 0.1) is 6.61 Å². The molecule has 0 aromatic heterocycles. The smallest absolute Gasteiger partial charge is 0.251 e. The highest BCUT2D eigenvalue weighted by atomic mass is 32.2. The minimum atomic E-state index is 0.0132. The lowest BCUT2D eigenvalue weighted by atomic mass is 9.97. The van der Waals surface area contributed by atoms with Crippen molar-refractivity contribution in [3.63, 3.8) is 0 Å². The lowest BCUT2D eigenvalue weighted by Gasteiger charge is -2.19. The van der Waals surface area contributed by atoms with Crippen molar-refractivity contribution in [2.45, 2.75) is 31.9 Å². The molecule has 4 nitrogen and oxygen atoms in total. The van der Waals surface area contributed by atoms with Crippen molar-refractivity contribution in [1.82, 2.24) is 10.2 Å². The molecule has 0 radical (unpaired) electrons. The van der Waals surface area contributed by atoms with Crippen LogP contribution in [0.3, 0.4) is 0 Å². The summed E-state index contributed by atoms with van der Waals surface area (Å²) in [6.45, 7) is 3.27. The number of likely N-dealkylation sites (tertiary alicyclic amines) is 1. The second-order valence-corrected chi connectivity index (χ2v) is 8.03. The molecule has 132 valence electrons. The van der Waals surface area contributed by atoms with Gasteiger partial charge >= 0.3 is 0 Å². The molecule has 2 N–H and O–H groups in total. The number of nitrogens with zero attached hydrogens (tertiary/aromatic N) is 1. The van der Waals surface area contributed by atoms with E-state index in [-0.39, 0.29) is 18.6 Å². The number of hydrogen-bond acceptors (Lipinski definition) is 4. The summed E-state index contributed by atoms with van der Waals surface area (Å²) >= 11 is 1.90. The van der Waals surface area contributed by atoms with Gasteiger partial charge in [-0.05, 0) is 67.3 Å². The van der Waals surface area contributed by atoms with Gasteiger partial charge in [0.15, 0.2) is 0 Å². The maximum Gasteiger partial charge on any atom is 0.251 e. The molecule has 2 atom stereocenters. The maximum absolute atomic E-state index is 12.6. The number of amides is 1. The summed E-state index contributed by atoms with van der Waals surface area (Å²) in [5.41, 5.74) is 1.52. The van der Waals surface area contributed by atoms with Crippen LogP contribution < -0.4 is 5.32 Å². The molecule has 3 rings (SSSR count). The van der Waals surface area contributed by atoms with E-state index in [0.29, 0.717) is 11.5 Å². The first kappa shape index (κ1) is 17.8. The Bertz CT molecular complexity index is 545. The molecule has 1 saturated heterocycles. The van der Waals surface area contributed by atoms with Crippen LogP contribution in [0.25, 0.3) is 0 Å². The Morgan fingerprint density at radius 3 is 2.67 bits per heavy atom. The summed E-state index contributed by atoms with van der Waals surface area (Å²) in [4.78, 5) is 15.1. The number of aliphatic hydroxyl groups excluding tert-OH is 1. The first-order valence-electron chi connectivity index (χ1n) is 8.93. The monoisotopic (exact) mass is 348 g/mol. The molecule has 1 amide bonds. The van der Waals surface area contributed by atoms with Crippen LogP contribution in [0.4, 0.5) is 0 Å². The van der Waals surface area contributed by atoms with Crippen molar-refractivity contribution < 1.29 is 9.90 Å². The average Bonchev–Trinajstić information content (AvgIpc) is 3.37. The molecule has 1 aliphatic heterocycles. The van der Waals surface area contributed by atoms with Crippen LogP contribution >= 0.6 is 11.8 Å². The molecule has 5 heteroatoms. The first-order valence-corrected chi connectivity index (χ1v) is 10.3. The van der Waals surface area contributed by atoms with Crippen LogP contribution in [-0.4, -0.2) is 53.6 Å². The van der Waals surface area contributed by atoms with E-state index >= 15 is 0 Å². The molecular weight excluding hydrogens is 320 g/mol. The zero-order valence-corrected chi connectivity index (χ0v) is 15.2. The number of hydrogen-bond donors (Lipinski definition) is 2. The summed E-state index contributed by atoms with van der Waals surface area (Å²) in [5, 5.41) is 12.4. The van der Waals surface area contributed by atoms with E-state index < -0.39 is 0 Å². The minimum Gasteiger partial charge on any atom is -0.392 e.